The third kappa shape index (κ3) is 4.36. The van der Waals surface area contributed by atoms with E-state index in [4.69, 9.17) is 1.37 Å². The summed E-state index contributed by atoms with van der Waals surface area (Å²) in [7, 11) is 1.47. The molecule has 0 spiro atoms. The molecule has 1 aliphatic rings. The number of aryl methyl sites for hydroxylation is 1. The SMILES string of the molecule is [3H]c1ccccc1N1CCN(CCCCn2ncc(=O)n(C)c2=O)CC1. The van der Waals surface area contributed by atoms with E-state index >= 15 is 0 Å². The van der Waals surface area contributed by atoms with Crippen LogP contribution in [0.25, 0.3) is 0 Å². The van der Waals surface area contributed by atoms with Crippen LogP contribution in [-0.4, -0.2) is 52.0 Å². The van der Waals surface area contributed by atoms with E-state index in [1.54, 1.807) is 0 Å². The molecule has 7 heteroatoms. The van der Waals surface area contributed by atoms with Gasteiger partial charge in [0, 0.05) is 45.5 Å². The topological polar surface area (TPSA) is 63.4 Å². The van der Waals surface area contributed by atoms with Crippen molar-refractivity contribution in [2.24, 2.45) is 7.05 Å². The smallest absolute Gasteiger partial charge is 0.347 e. The third-order valence-electron chi connectivity index (χ3n) is 4.65. The highest BCUT2D eigenvalue weighted by Gasteiger charge is 2.16. The Morgan fingerprint density at radius 1 is 1.08 bits per heavy atom. The normalized spacial score (nSPS) is 16.0. The van der Waals surface area contributed by atoms with Gasteiger partial charge in [-0.15, -0.1) is 0 Å². The molecule has 1 fully saturated rings. The summed E-state index contributed by atoms with van der Waals surface area (Å²) in [5, 5.41) is 3.91. The fourth-order valence-corrected chi connectivity index (χ4v) is 3.07. The monoisotopic (exact) mass is 345 g/mol. The predicted molar refractivity (Wildman–Crippen MR) is 98.1 cm³/mol. The molecule has 1 aliphatic heterocycles. The van der Waals surface area contributed by atoms with Crippen molar-refractivity contribution in [3.8, 4) is 0 Å². The summed E-state index contributed by atoms with van der Waals surface area (Å²) in [5.41, 5.74) is 0.269. The maximum Gasteiger partial charge on any atom is 0.347 e. The Morgan fingerprint density at radius 3 is 2.60 bits per heavy atom. The Morgan fingerprint density at radius 2 is 1.84 bits per heavy atom. The Bertz CT molecular complexity index is 855. The molecule has 2 aromatic rings. The van der Waals surface area contributed by atoms with Gasteiger partial charge in [-0.05, 0) is 31.5 Å². The van der Waals surface area contributed by atoms with Crippen LogP contribution in [0, 0.1) is 0 Å². The largest absolute Gasteiger partial charge is 0.369 e. The first-order chi connectivity index (χ1) is 12.6. The summed E-state index contributed by atoms with van der Waals surface area (Å²) in [5.74, 6) is 0. The van der Waals surface area contributed by atoms with E-state index in [2.05, 4.69) is 14.9 Å². The molecule has 2 heterocycles. The zero-order valence-electron chi connectivity index (χ0n) is 15.6. The second kappa shape index (κ2) is 8.11. The Kier molecular flexibility index (Phi) is 5.22. The van der Waals surface area contributed by atoms with Crippen molar-refractivity contribution in [1.29, 1.82) is 0 Å². The number of nitrogens with zero attached hydrogens (tertiary/aromatic N) is 5. The predicted octanol–water partition coefficient (Wildman–Crippen LogP) is 0.544. The second-order valence-electron chi connectivity index (χ2n) is 6.33. The molecule has 0 bridgehead atoms. The summed E-state index contributed by atoms with van der Waals surface area (Å²) >= 11 is 0. The highest BCUT2D eigenvalue weighted by Crippen LogP contribution is 2.15. The van der Waals surface area contributed by atoms with E-state index in [1.807, 2.05) is 24.3 Å². The minimum Gasteiger partial charge on any atom is -0.369 e. The molecular formula is C18H25N5O2. The summed E-state index contributed by atoms with van der Waals surface area (Å²) in [6.07, 6.45) is 3.01. The molecule has 25 heavy (non-hydrogen) atoms. The van der Waals surface area contributed by atoms with Crippen LogP contribution in [0.5, 0.6) is 0 Å². The van der Waals surface area contributed by atoms with E-state index in [0.29, 0.717) is 12.6 Å². The number of hydrogen-bond acceptors (Lipinski definition) is 5. The average Bonchev–Trinajstić information content (AvgIpc) is 2.66. The van der Waals surface area contributed by atoms with E-state index in [-0.39, 0.29) is 11.2 Å². The highest BCUT2D eigenvalue weighted by molar-refractivity contribution is 5.46. The van der Waals surface area contributed by atoms with E-state index in [1.165, 1.54) is 17.9 Å². The first kappa shape index (κ1) is 16.1. The van der Waals surface area contributed by atoms with E-state index in [0.717, 1.165) is 55.8 Å². The minimum absolute atomic E-state index is 0.361. The van der Waals surface area contributed by atoms with E-state index in [9.17, 15) is 9.59 Å². The number of benzene rings is 1. The van der Waals surface area contributed by atoms with Crippen molar-refractivity contribution in [2.45, 2.75) is 19.4 Å². The molecule has 0 radical (unpaired) electrons. The van der Waals surface area contributed by atoms with Gasteiger partial charge in [-0.1, -0.05) is 18.2 Å². The highest BCUT2D eigenvalue weighted by atomic mass is 16.2. The van der Waals surface area contributed by atoms with Crippen LogP contribution in [0.3, 0.4) is 0 Å². The molecule has 0 unspecified atom stereocenters. The maximum atomic E-state index is 11.9. The summed E-state index contributed by atoms with van der Waals surface area (Å²) in [6, 6.07) is 8.30. The van der Waals surface area contributed by atoms with Gasteiger partial charge < -0.3 is 4.90 Å². The Labute approximate surface area is 148 Å². The maximum absolute atomic E-state index is 11.9. The molecule has 1 aromatic heterocycles. The van der Waals surface area contributed by atoms with Crippen LogP contribution >= 0.6 is 0 Å². The second-order valence-corrected chi connectivity index (χ2v) is 6.33. The first-order valence-corrected chi connectivity index (χ1v) is 8.72. The first-order valence-electron chi connectivity index (χ1n) is 9.22. The summed E-state index contributed by atoms with van der Waals surface area (Å²) < 4.78 is 10.4. The zero-order valence-corrected chi connectivity index (χ0v) is 14.6. The lowest BCUT2D eigenvalue weighted by atomic mass is 10.2. The molecule has 0 N–H and O–H groups in total. The lowest BCUT2D eigenvalue weighted by Crippen LogP contribution is -2.46. The van der Waals surface area contributed by atoms with Gasteiger partial charge in [-0.2, -0.15) is 5.10 Å². The lowest BCUT2D eigenvalue weighted by Gasteiger charge is -2.36. The van der Waals surface area contributed by atoms with Gasteiger partial charge in [-0.25, -0.2) is 9.48 Å². The van der Waals surface area contributed by atoms with Gasteiger partial charge in [-0.3, -0.25) is 14.3 Å². The molecular weight excluding hydrogens is 318 g/mol. The van der Waals surface area contributed by atoms with Crippen molar-refractivity contribution >= 4 is 5.69 Å². The number of rotatable bonds is 6. The average molecular weight is 345 g/mol. The van der Waals surface area contributed by atoms with E-state index < -0.39 is 0 Å². The zero-order chi connectivity index (χ0) is 18.5. The fraction of sp³-hybridized carbons (Fsp3) is 0.500. The van der Waals surface area contributed by atoms with Crippen molar-refractivity contribution in [1.82, 2.24) is 19.2 Å². The quantitative estimate of drug-likeness (QED) is 0.715. The standard InChI is InChI=1S/C18H25N5O2/c1-20-17(24)15-19-23(18(20)25)10-6-5-9-21-11-13-22(14-12-21)16-7-3-2-4-8-16/h2-4,7-8,15H,5-6,9-14H2,1H3/i7T. The molecule has 0 atom stereocenters. The third-order valence-corrected chi connectivity index (χ3v) is 4.65. The van der Waals surface area contributed by atoms with Crippen molar-refractivity contribution < 1.29 is 1.37 Å². The van der Waals surface area contributed by atoms with Crippen LogP contribution in [-0.2, 0) is 13.6 Å². The molecule has 134 valence electrons. The molecule has 0 aliphatic carbocycles. The van der Waals surface area contributed by atoms with Crippen LogP contribution in [0.4, 0.5) is 5.69 Å². The van der Waals surface area contributed by atoms with Crippen molar-refractivity contribution in [3.63, 3.8) is 0 Å². The van der Waals surface area contributed by atoms with Crippen LogP contribution in [0.15, 0.2) is 46.1 Å². The number of anilines is 1. The molecule has 1 saturated heterocycles. The van der Waals surface area contributed by atoms with Crippen LogP contribution < -0.4 is 16.1 Å². The summed E-state index contributed by atoms with van der Waals surface area (Å²) in [6.45, 7) is 5.32. The lowest BCUT2D eigenvalue weighted by molar-refractivity contribution is 0.250. The molecule has 3 rings (SSSR count). The number of hydrogen-bond donors (Lipinski definition) is 0. The van der Waals surface area contributed by atoms with Gasteiger partial charge in [0.05, 0.1) is 1.37 Å². The van der Waals surface area contributed by atoms with Gasteiger partial charge in [0.2, 0.25) is 0 Å². The number of piperazine rings is 1. The minimum atomic E-state index is -0.377. The summed E-state index contributed by atoms with van der Waals surface area (Å²) in [4.78, 5) is 27.9. The molecule has 1 aromatic carbocycles. The van der Waals surface area contributed by atoms with Crippen LogP contribution in [0.1, 0.15) is 14.2 Å². The number of para-hydroxylation sites is 1. The molecule has 7 nitrogen and oxygen atoms in total. The number of aromatic nitrogens is 3. The van der Waals surface area contributed by atoms with Crippen molar-refractivity contribution in [2.75, 3.05) is 37.6 Å². The Balaban J connectivity index is 1.42. The Hall–Kier alpha value is -2.41. The van der Waals surface area contributed by atoms with Crippen LogP contribution in [0.2, 0.25) is 0 Å². The number of unbranched alkanes of at least 4 members (excludes halogenated alkanes) is 1. The van der Waals surface area contributed by atoms with Crippen molar-refractivity contribution in [3.05, 3.63) is 57.3 Å². The fourth-order valence-electron chi connectivity index (χ4n) is 3.07. The van der Waals surface area contributed by atoms with Gasteiger partial charge in [0.1, 0.15) is 6.20 Å². The van der Waals surface area contributed by atoms with Gasteiger partial charge >= 0.3 is 5.69 Å². The van der Waals surface area contributed by atoms with Gasteiger partial charge in [0.25, 0.3) is 5.56 Å². The molecule has 0 saturated carbocycles. The van der Waals surface area contributed by atoms with Gasteiger partial charge in [0.15, 0.2) is 0 Å². The molecule has 0 amide bonds.